The van der Waals surface area contributed by atoms with Crippen LogP contribution in [0.25, 0.3) is 0 Å². The molecule has 0 aliphatic carbocycles. The molecular weight excluding hydrogens is 333 g/mol. The molecule has 0 unspecified atom stereocenters. The predicted molar refractivity (Wildman–Crippen MR) is 88.3 cm³/mol. The lowest BCUT2D eigenvalue weighted by atomic mass is 10.2. The second kappa shape index (κ2) is 7.83. The lowest BCUT2D eigenvalue weighted by Gasteiger charge is -2.29. The van der Waals surface area contributed by atoms with Crippen molar-refractivity contribution in [3.8, 4) is 0 Å². The molecule has 1 aromatic heterocycles. The number of benzene rings is 1. The number of hydrogen-bond acceptors (Lipinski definition) is 5. The van der Waals surface area contributed by atoms with Gasteiger partial charge in [-0.2, -0.15) is 13.2 Å². The molecule has 1 aromatic carbocycles. The Morgan fingerprint density at radius 3 is 2.24 bits per heavy atom. The standard InChI is InChI=1S/C10H14N2.C6H7F3N4/c1-2-4-10(5-3-1)12-8-6-11-7-9-12;7-6(8,9)5-12-11-4-3-10-1-2-13(4)5/h1-5,11H,6-9H2;10H,1-3H2. The van der Waals surface area contributed by atoms with E-state index in [1.807, 2.05) is 0 Å². The molecule has 9 heteroatoms. The summed E-state index contributed by atoms with van der Waals surface area (Å²) in [4.78, 5) is 2.41. The van der Waals surface area contributed by atoms with E-state index in [4.69, 9.17) is 0 Å². The molecule has 2 N–H and O–H groups in total. The zero-order valence-corrected chi connectivity index (χ0v) is 13.8. The van der Waals surface area contributed by atoms with Gasteiger partial charge in [0.05, 0.1) is 6.54 Å². The molecular formula is C16H21F3N6. The number of halogens is 3. The fraction of sp³-hybridized carbons (Fsp3) is 0.500. The fourth-order valence-electron chi connectivity index (χ4n) is 2.86. The van der Waals surface area contributed by atoms with E-state index in [1.54, 1.807) is 0 Å². The average molecular weight is 354 g/mol. The summed E-state index contributed by atoms with van der Waals surface area (Å²) in [6.07, 6.45) is -4.40. The first-order valence-electron chi connectivity index (χ1n) is 8.26. The number of anilines is 1. The summed E-state index contributed by atoms with van der Waals surface area (Å²) >= 11 is 0. The van der Waals surface area contributed by atoms with Crippen molar-refractivity contribution in [1.82, 2.24) is 25.4 Å². The lowest BCUT2D eigenvalue weighted by Crippen LogP contribution is -2.43. The quantitative estimate of drug-likeness (QED) is 0.813. The first kappa shape index (κ1) is 17.7. The van der Waals surface area contributed by atoms with E-state index >= 15 is 0 Å². The van der Waals surface area contributed by atoms with Crippen molar-refractivity contribution in [2.75, 3.05) is 37.6 Å². The number of para-hydroxylation sites is 1. The first-order valence-corrected chi connectivity index (χ1v) is 8.26. The molecule has 2 aliphatic rings. The van der Waals surface area contributed by atoms with Crippen LogP contribution < -0.4 is 15.5 Å². The minimum atomic E-state index is -4.40. The van der Waals surface area contributed by atoms with E-state index in [-0.39, 0.29) is 6.54 Å². The molecule has 0 spiro atoms. The van der Waals surface area contributed by atoms with Crippen LogP contribution in [-0.4, -0.2) is 47.5 Å². The maximum absolute atomic E-state index is 12.3. The smallest absolute Gasteiger partial charge is 0.369 e. The molecule has 3 heterocycles. The van der Waals surface area contributed by atoms with Crippen molar-refractivity contribution in [3.63, 3.8) is 0 Å². The molecule has 0 atom stereocenters. The monoisotopic (exact) mass is 354 g/mol. The van der Waals surface area contributed by atoms with Crippen LogP contribution in [0.5, 0.6) is 0 Å². The summed E-state index contributed by atoms with van der Waals surface area (Å²) in [5.41, 5.74) is 1.35. The molecule has 136 valence electrons. The Bertz CT molecular complexity index is 664. The van der Waals surface area contributed by atoms with E-state index in [0.29, 0.717) is 18.9 Å². The number of nitrogens with zero attached hydrogens (tertiary/aromatic N) is 4. The Labute approximate surface area is 144 Å². The highest BCUT2D eigenvalue weighted by Gasteiger charge is 2.38. The number of aromatic nitrogens is 3. The van der Waals surface area contributed by atoms with Crippen LogP contribution in [-0.2, 0) is 19.3 Å². The van der Waals surface area contributed by atoms with Gasteiger partial charge in [-0.3, -0.25) is 0 Å². The Kier molecular flexibility index (Phi) is 5.54. The van der Waals surface area contributed by atoms with Crippen molar-refractivity contribution in [2.24, 2.45) is 0 Å². The third-order valence-electron chi connectivity index (χ3n) is 4.11. The highest BCUT2D eigenvalue weighted by Crippen LogP contribution is 2.28. The number of hydrogen-bond donors (Lipinski definition) is 2. The Balaban J connectivity index is 0.000000146. The van der Waals surface area contributed by atoms with Crippen molar-refractivity contribution in [1.29, 1.82) is 0 Å². The Morgan fingerprint density at radius 1 is 0.880 bits per heavy atom. The molecule has 6 nitrogen and oxygen atoms in total. The summed E-state index contributed by atoms with van der Waals surface area (Å²) in [5.74, 6) is -0.553. The van der Waals surface area contributed by atoms with Crippen LogP contribution in [0.1, 0.15) is 11.6 Å². The molecule has 1 saturated heterocycles. The van der Waals surface area contributed by atoms with Gasteiger partial charge in [0.15, 0.2) is 0 Å². The van der Waals surface area contributed by atoms with Crippen molar-refractivity contribution in [3.05, 3.63) is 42.0 Å². The third kappa shape index (κ3) is 4.49. The van der Waals surface area contributed by atoms with E-state index in [2.05, 4.69) is 56.1 Å². The van der Waals surface area contributed by atoms with Gasteiger partial charge in [0.1, 0.15) is 5.82 Å². The SMILES string of the molecule is FC(F)(F)c1nnc2n1CCNC2.c1ccc(N2CCNCC2)cc1. The van der Waals surface area contributed by atoms with Gasteiger partial charge in [0.25, 0.3) is 0 Å². The minimum Gasteiger partial charge on any atom is -0.369 e. The molecule has 1 fully saturated rings. The molecule has 0 bridgehead atoms. The zero-order chi connectivity index (χ0) is 17.7. The fourth-order valence-corrected chi connectivity index (χ4v) is 2.86. The molecule has 0 saturated carbocycles. The largest absolute Gasteiger partial charge is 0.451 e. The molecule has 2 aromatic rings. The van der Waals surface area contributed by atoms with Gasteiger partial charge in [0.2, 0.25) is 5.82 Å². The average Bonchev–Trinajstić information content (AvgIpc) is 3.08. The summed E-state index contributed by atoms with van der Waals surface area (Å²) in [6.45, 7) is 5.62. The predicted octanol–water partition coefficient (Wildman–Crippen LogP) is 1.50. The molecule has 2 aliphatic heterocycles. The van der Waals surface area contributed by atoms with Crippen LogP contribution in [0.4, 0.5) is 18.9 Å². The highest BCUT2D eigenvalue weighted by molar-refractivity contribution is 5.46. The van der Waals surface area contributed by atoms with E-state index in [1.165, 1.54) is 5.69 Å². The molecule has 4 rings (SSSR count). The van der Waals surface area contributed by atoms with Gasteiger partial charge in [-0.1, -0.05) is 18.2 Å². The second-order valence-corrected chi connectivity index (χ2v) is 5.84. The van der Waals surface area contributed by atoms with Crippen LogP contribution in [0, 0.1) is 0 Å². The Hall–Kier alpha value is -2.13. The van der Waals surface area contributed by atoms with Gasteiger partial charge < -0.3 is 20.1 Å². The summed E-state index contributed by atoms with van der Waals surface area (Å²) in [6, 6.07) is 10.6. The normalized spacial score (nSPS) is 17.5. The van der Waals surface area contributed by atoms with E-state index in [0.717, 1.165) is 30.7 Å². The minimum absolute atomic E-state index is 0.275. The molecule has 25 heavy (non-hydrogen) atoms. The highest BCUT2D eigenvalue weighted by atomic mass is 19.4. The lowest BCUT2D eigenvalue weighted by molar-refractivity contribution is -0.147. The van der Waals surface area contributed by atoms with Crippen LogP contribution in [0.3, 0.4) is 0 Å². The number of nitrogens with one attached hydrogen (secondary N) is 2. The maximum Gasteiger partial charge on any atom is 0.451 e. The number of fused-ring (bicyclic) bond motifs is 1. The molecule has 0 amide bonds. The third-order valence-corrected chi connectivity index (χ3v) is 4.11. The maximum atomic E-state index is 12.3. The van der Waals surface area contributed by atoms with Crippen molar-refractivity contribution < 1.29 is 13.2 Å². The Morgan fingerprint density at radius 2 is 1.56 bits per heavy atom. The zero-order valence-electron chi connectivity index (χ0n) is 13.8. The second-order valence-electron chi connectivity index (χ2n) is 5.84. The van der Waals surface area contributed by atoms with Gasteiger partial charge in [-0.05, 0) is 12.1 Å². The number of piperazine rings is 1. The van der Waals surface area contributed by atoms with E-state index in [9.17, 15) is 13.2 Å². The summed E-state index contributed by atoms with van der Waals surface area (Å²) < 4.78 is 37.9. The van der Waals surface area contributed by atoms with Gasteiger partial charge in [-0.25, -0.2) is 0 Å². The number of alkyl halides is 3. The summed E-state index contributed by atoms with van der Waals surface area (Å²) in [7, 11) is 0. The van der Waals surface area contributed by atoms with E-state index < -0.39 is 12.0 Å². The summed E-state index contributed by atoms with van der Waals surface area (Å²) in [5, 5.41) is 12.8. The van der Waals surface area contributed by atoms with Gasteiger partial charge in [-0.15, -0.1) is 10.2 Å². The van der Waals surface area contributed by atoms with Gasteiger partial charge >= 0.3 is 6.18 Å². The van der Waals surface area contributed by atoms with Crippen LogP contribution >= 0.6 is 0 Å². The van der Waals surface area contributed by atoms with Crippen LogP contribution in [0.2, 0.25) is 0 Å². The molecule has 0 radical (unpaired) electrons. The first-order chi connectivity index (χ1) is 12.1. The van der Waals surface area contributed by atoms with Crippen molar-refractivity contribution >= 4 is 5.69 Å². The van der Waals surface area contributed by atoms with Gasteiger partial charge in [0, 0.05) is 45.0 Å². The number of rotatable bonds is 1. The van der Waals surface area contributed by atoms with Crippen LogP contribution in [0.15, 0.2) is 30.3 Å². The van der Waals surface area contributed by atoms with Crippen molar-refractivity contribution in [2.45, 2.75) is 19.3 Å². The topological polar surface area (TPSA) is 58.0 Å².